The Hall–Kier alpha value is -2.37. The van der Waals surface area contributed by atoms with Gasteiger partial charge in [0.05, 0.1) is 10.6 Å². The molecule has 10 heteroatoms. The molecule has 6 nitrogen and oxygen atoms in total. The Morgan fingerprint density at radius 3 is 2.40 bits per heavy atom. The number of nitrogens with zero attached hydrogens (tertiary/aromatic N) is 2. The highest BCUT2D eigenvalue weighted by atomic mass is 32.2. The fourth-order valence-electron chi connectivity index (χ4n) is 2.71. The second kappa shape index (κ2) is 8.78. The van der Waals surface area contributed by atoms with Crippen molar-refractivity contribution in [3.8, 4) is 11.1 Å². The zero-order chi connectivity index (χ0) is 22.1. The molecule has 0 aliphatic carbocycles. The van der Waals surface area contributed by atoms with Crippen molar-refractivity contribution >= 4 is 34.1 Å². The molecule has 0 fully saturated rings. The first-order chi connectivity index (χ1) is 14.1. The Balaban J connectivity index is 1.76. The van der Waals surface area contributed by atoms with Crippen LogP contribution in [0.3, 0.4) is 0 Å². The van der Waals surface area contributed by atoms with Gasteiger partial charge in [0.25, 0.3) is 0 Å². The second-order valence-electron chi connectivity index (χ2n) is 6.42. The number of benzene rings is 2. The van der Waals surface area contributed by atoms with Crippen LogP contribution in [0.25, 0.3) is 11.1 Å². The molecule has 0 aliphatic heterocycles. The number of anilines is 1. The van der Waals surface area contributed by atoms with Crippen LogP contribution in [-0.4, -0.2) is 39.5 Å². The quantitative estimate of drug-likeness (QED) is 0.393. The van der Waals surface area contributed by atoms with E-state index in [-0.39, 0.29) is 28.7 Å². The standard InChI is InChI=1S/C20H18F2N2O4S2/c1-24(19-23-17(20(26,27)28)18(29-2)30-19)16(25)9-11-3-5-12(6-4-11)14-10-13(21)7-8-15(14)22/h3-8,10,26-28H,9H2,1-2H3. The third kappa shape index (κ3) is 4.85. The summed E-state index contributed by atoms with van der Waals surface area (Å²) in [6.45, 7) is 0. The van der Waals surface area contributed by atoms with Gasteiger partial charge in [-0.2, -0.15) is 0 Å². The molecule has 3 N–H and O–H groups in total. The number of aromatic nitrogens is 1. The number of aliphatic hydroxyl groups is 3. The molecule has 1 heterocycles. The Morgan fingerprint density at radius 1 is 1.17 bits per heavy atom. The van der Waals surface area contributed by atoms with Gasteiger partial charge in [-0.05, 0) is 35.6 Å². The molecule has 158 valence electrons. The molecule has 0 spiro atoms. The number of amides is 1. The molecule has 1 aromatic heterocycles. The minimum absolute atomic E-state index is 0.00838. The Kier molecular flexibility index (Phi) is 6.53. The van der Waals surface area contributed by atoms with Gasteiger partial charge in [0, 0.05) is 12.6 Å². The largest absolute Gasteiger partial charge is 0.338 e. The minimum Gasteiger partial charge on any atom is -0.338 e. The molecule has 0 saturated carbocycles. The highest BCUT2D eigenvalue weighted by Gasteiger charge is 2.31. The van der Waals surface area contributed by atoms with Crippen LogP contribution in [-0.2, 0) is 17.2 Å². The topological polar surface area (TPSA) is 93.9 Å². The lowest BCUT2D eigenvalue weighted by molar-refractivity contribution is -0.327. The fourth-order valence-corrected chi connectivity index (χ4v) is 4.46. The van der Waals surface area contributed by atoms with Crippen LogP contribution in [0.4, 0.5) is 13.9 Å². The van der Waals surface area contributed by atoms with Crippen LogP contribution in [0, 0.1) is 11.6 Å². The van der Waals surface area contributed by atoms with E-state index in [0.717, 1.165) is 41.3 Å². The lowest BCUT2D eigenvalue weighted by atomic mass is 10.0. The first kappa shape index (κ1) is 22.3. The molecule has 30 heavy (non-hydrogen) atoms. The van der Waals surface area contributed by atoms with E-state index in [4.69, 9.17) is 0 Å². The van der Waals surface area contributed by atoms with E-state index in [1.807, 2.05) is 0 Å². The van der Waals surface area contributed by atoms with Gasteiger partial charge in [-0.15, -0.1) is 11.8 Å². The third-order valence-corrected chi connectivity index (χ3v) is 6.54. The molecule has 1 amide bonds. The predicted octanol–water partition coefficient (Wildman–Crippen LogP) is 3.10. The average Bonchev–Trinajstić information content (AvgIpc) is 3.15. The summed E-state index contributed by atoms with van der Waals surface area (Å²) >= 11 is 2.19. The second-order valence-corrected chi connectivity index (χ2v) is 8.48. The number of rotatable bonds is 6. The van der Waals surface area contributed by atoms with Crippen molar-refractivity contribution in [2.45, 2.75) is 16.6 Å². The molecule has 0 unspecified atom stereocenters. The SMILES string of the molecule is CSc1sc(N(C)C(=O)Cc2ccc(-c3cc(F)ccc3F)cc2)nc1C(O)(O)O. The number of hydrogen-bond acceptors (Lipinski definition) is 7. The molecule has 0 atom stereocenters. The van der Waals surface area contributed by atoms with Gasteiger partial charge in [0.2, 0.25) is 5.91 Å². The number of carbonyl (C=O) groups is 1. The van der Waals surface area contributed by atoms with Crippen LogP contribution in [0.5, 0.6) is 0 Å². The van der Waals surface area contributed by atoms with Crippen LogP contribution in [0.2, 0.25) is 0 Å². The summed E-state index contributed by atoms with van der Waals surface area (Å²) in [5.74, 6) is -4.51. The highest BCUT2D eigenvalue weighted by molar-refractivity contribution is 8.00. The van der Waals surface area contributed by atoms with E-state index >= 15 is 0 Å². The number of likely N-dealkylation sites (N-methyl/N-ethyl adjacent to an activating group) is 1. The average molecular weight is 453 g/mol. The number of thiazole rings is 1. The first-order valence-electron chi connectivity index (χ1n) is 8.63. The van der Waals surface area contributed by atoms with Gasteiger partial charge in [-0.1, -0.05) is 35.6 Å². The lowest BCUT2D eigenvalue weighted by Crippen LogP contribution is -2.29. The third-order valence-electron chi connectivity index (χ3n) is 4.30. The normalized spacial score (nSPS) is 11.6. The van der Waals surface area contributed by atoms with Crippen molar-refractivity contribution in [3.05, 3.63) is 65.4 Å². The van der Waals surface area contributed by atoms with Gasteiger partial charge in [0.1, 0.15) is 11.6 Å². The van der Waals surface area contributed by atoms with E-state index in [9.17, 15) is 28.9 Å². The van der Waals surface area contributed by atoms with E-state index in [2.05, 4.69) is 4.98 Å². The van der Waals surface area contributed by atoms with E-state index in [1.165, 1.54) is 11.9 Å². The zero-order valence-corrected chi connectivity index (χ0v) is 17.6. The van der Waals surface area contributed by atoms with Crippen molar-refractivity contribution in [1.29, 1.82) is 0 Å². The van der Waals surface area contributed by atoms with Crippen LogP contribution in [0.1, 0.15) is 11.3 Å². The summed E-state index contributed by atoms with van der Waals surface area (Å²) in [6, 6.07) is 9.70. The van der Waals surface area contributed by atoms with Crippen molar-refractivity contribution < 1.29 is 28.9 Å². The number of thioether (sulfide) groups is 1. The molecule has 3 rings (SSSR count). The molecular weight excluding hydrogens is 434 g/mol. The molecule has 2 aromatic carbocycles. The molecule has 0 bridgehead atoms. The smallest absolute Gasteiger partial charge is 0.324 e. The van der Waals surface area contributed by atoms with Crippen LogP contribution in [0.15, 0.2) is 46.7 Å². The van der Waals surface area contributed by atoms with Gasteiger partial charge < -0.3 is 15.3 Å². The summed E-state index contributed by atoms with van der Waals surface area (Å²) in [5, 5.41) is 28.4. The van der Waals surface area contributed by atoms with Crippen LogP contribution >= 0.6 is 23.1 Å². The Morgan fingerprint density at radius 2 is 1.83 bits per heavy atom. The summed E-state index contributed by atoms with van der Waals surface area (Å²) < 4.78 is 27.7. The fraction of sp³-hybridized carbons (Fsp3) is 0.200. The van der Waals surface area contributed by atoms with E-state index < -0.39 is 17.6 Å². The zero-order valence-electron chi connectivity index (χ0n) is 16.0. The number of hydrogen-bond donors (Lipinski definition) is 3. The molecule has 0 saturated heterocycles. The Bertz CT molecular complexity index is 1070. The maximum absolute atomic E-state index is 13.9. The van der Waals surface area contributed by atoms with Crippen molar-refractivity contribution in [2.24, 2.45) is 0 Å². The van der Waals surface area contributed by atoms with Gasteiger partial charge >= 0.3 is 5.97 Å². The molecule has 3 aromatic rings. The summed E-state index contributed by atoms with van der Waals surface area (Å²) in [6.07, 6.45) is 1.69. The van der Waals surface area contributed by atoms with Crippen molar-refractivity contribution in [1.82, 2.24) is 4.98 Å². The van der Waals surface area contributed by atoms with Crippen LogP contribution < -0.4 is 4.90 Å². The van der Waals surface area contributed by atoms with Crippen molar-refractivity contribution in [3.63, 3.8) is 0 Å². The summed E-state index contributed by atoms with van der Waals surface area (Å²) in [7, 11) is 1.49. The van der Waals surface area contributed by atoms with E-state index in [1.54, 1.807) is 30.5 Å². The predicted molar refractivity (Wildman–Crippen MR) is 111 cm³/mol. The van der Waals surface area contributed by atoms with Crippen molar-refractivity contribution in [2.75, 3.05) is 18.2 Å². The summed E-state index contributed by atoms with van der Waals surface area (Å²) in [4.78, 5) is 17.8. The number of carbonyl (C=O) groups excluding carboxylic acids is 1. The first-order valence-corrected chi connectivity index (χ1v) is 10.7. The maximum atomic E-state index is 13.9. The van der Waals surface area contributed by atoms with E-state index in [0.29, 0.717) is 15.3 Å². The monoisotopic (exact) mass is 452 g/mol. The maximum Gasteiger partial charge on any atom is 0.324 e. The Labute approximate surface area is 179 Å². The minimum atomic E-state index is -3.10. The van der Waals surface area contributed by atoms with Gasteiger partial charge in [0.15, 0.2) is 10.8 Å². The molecule has 0 radical (unpaired) electrons. The highest BCUT2D eigenvalue weighted by Crippen LogP contribution is 2.36. The molecular formula is C20H18F2N2O4S2. The van der Waals surface area contributed by atoms with Gasteiger partial charge in [-0.3, -0.25) is 9.69 Å². The van der Waals surface area contributed by atoms with Gasteiger partial charge in [-0.25, -0.2) is 13.8 Å². The molecule has 0 aliphatic rings. The lowest BCUT2D eigenvalue weighted by Gasteiger charge is -2.15. The number of halogens is 2. The summed E-state index contributed by atoms with van der Waals surface area (Å²) in [5.41, 5.74) is 0.924.